The van der Waals surface area contributed by atoms with E-state index in [0.29, 0.717) is 28.5 Å². The van der Waals surface area contributed by atoms with Crippen LogP contribution in [0.1, 0.15) is 25.0 Å². The maximum atomic E-state index is 12.1. The molecule has 2 rings (SSSR count). The Hall–Kier alpha value is -3.88. The van der Waals surface area contributed by atoms with Crippen LogP contribution in [-0.4, -0.2) is 37.1 Å². The fourth-order valence-electron chi connectivity index (χ4n) is 2.54. The predicted molar refractivity (Wildman–Crippen MR) is 112 cm³/mol. The third-order valence-corrected chi connectivity index (χ3v) is 4.13. The molecular weight excluding hydrogens is 388 g/mol. The Morgan fingerprint density at radius 1 is 1.07 bits per heavy atom. The van der Waals surface area contributed by atoms with Crippen LogP contribution >= 0.6 is 0 Å². The monoisotopic (exact) mass is 412 g/mol. The first-order valence-electron chi connectivity index (χ1n) is 9.18. The molecule has 0 bridgehead atoms. The summed E-state index contributed by atoms with van der Waals surface area (Å²) in [5, 5.41) is 6.54. The number of carbonyl (C=O) groups is 3. The van der Waals surface area contributed by atoms with E-state index in [0.717, 1.165) is 12.0 Å². The Bertz CT molecular complexity index is 972. The number of anilines is 1. The molecule has 0 saturated heterocycles. The second-order valence-corrected chi connectivity index (χ2v) is 6.22. The molecule has 0 aromatic heterocycles. The van der Waals surface area contributed by atoms with Gasteiger partial charge in [-0.3, -0.25) is 14.4 Å². The van der Waals surface area contributed by atoms with Crippen molar-refractivity contribution in [1.82, 2.24) is 5.43 Å². The molecule has 158 valence electrons. The molecule has 0 fully saturated rings. The van der Waals surface area contributed by atoms with Gasteiger partial charge in [-0.2, -0.15) is 5.10 Å². The molecule has 0 heterocycles. The van der Waals surface area contributed by atoms with E-state index in [-0.39, 0.29) is 6.61 Å². The molecule has 0 unspecified atom stereocenters. The Kier molecular flexibility index (Phi) is 7.92. The molecule has 0 spiro atoms. The molecule has 2 aromatic carbocycles. The van der Waals surface area contributed by atoms with Crippen molar-refractivity contribution in [2.45, 2.75) is 20.3 Å². The van der Waals surface area contributed by atoms with Gasteiger partial charge in [0.25, 0.3) is 5.91 Å². The van der Waals surface area contributed by atoms with Crippen LogP contribution < -0.4 is 25.9 Å². The standard InChI is InChI=1S/C21H24N4O5/c1-4-14-7-5-6-8-16(14)23-20(27)21(28)25-24-13(2)15-9-10-17(18(11-15)29-3)30-12-19(22)26/h5-11H,4,12H2,1-3H3,(H2,22,26)(H,23,27)(H,25,28). The highest BCUT2D eigenvalue weighted by atomic mass is 16.5. The van der Waals surface area contributed by atoms with Gasteiger partial charge in [0.1, 0.15) is 0 Å². The zero-order valence-corrected chi connectivity index (χ0v) is 17.0. The molecule has 2 aromatic rings. The maximum Gasteiger partial charge on any atom is 0.329 e. The fraction of sp³-hybridized carbons (Fsp3) is 0.238. The predicted octanol–water partition coefficient (Wildman–Crippen LogP) is 1.60. The van der Waals surface area contributed by atoms with E-state index < -0.39 is 17.7 Å². The number of nitrogens with one attached hydrogen (secondary N) is 2. The molecule has 9 heteroatoms. The molecule has 0 radical (unpaired) electrons. The number of amides is 3. The number of para-hydroxylation sites is 1. The number of hydrazone groups is 1. The van der Waals surface area contributed by atoms with Crippen molar-refractivity contribution in [3.8, 4) is 11.5 Å². The third kappa shape index (κ3) is 6.06. The van der Waals surface area contributed by atoms with Crippen LogP contribution in [0.4, 0.5) is 5.69 Å². The Balaban J connectivity index is 2.05. The van der Waals surface area contributed by atoms with E-state index in [4.69, 9.17) is 15.2 Å². The normalized spacial score (nSPS) is 10.8. The quantitative estimate of drug-likeness (QED) is 0.344. The van der Waals surface area contributed by atoms with E-state index in [1.807, 2.05) is 19.1 Å². The molecule has 30 heavy (non-hydrogen) atoms. The third-order valence-electron chi connectivity index (χ3n) is 4.13. The average molecular weight is 412 g/mol. The molecule has 0 atom stereocenters. The minimum absolute atomic E-state index is 0.283. The SMILES string of the molecule is CCc1ccccc1NC(=O)C(=O)NN=C(C)c1ccc(OCC(N)=O)c(OC)c1. The lowest BCUT2D eigenvalue weighted by molar-refractivity contribution is -0.136. The Morgan fingerprint density at radius 2 is 1.80 bits per heavy atom. The van der Waals surface area contributed by atoms with Crippen molar-refractivity contribution in [2.75, 3.05) is 19.0 Å². The van der Waals surface area contributed by atoms with Crippen molar-refractivity contribution in [3.05, 3.63) is 53.6 Å². The Morgan fingerprint density at radius 3 is 2.47 bits per heavy atom. The number of hydrogen-bond acceptors (Lipinski definition) is 6. The molecule has 0 aliphatic heterocycles. The van der Waals surface area contributed by atoms with Gasteiger partial charge >= 0.3 is 11.8 Å². The summed E-state index contributed by atoms with van der Waals surface area (Å²) >= 11 is 0. The van der Waals surface area contributed by atoms with E-state index in [2.05, 4.69) is 15.8 Å². The van der Waals surface area contributed by atoms with E-state index in [1.54, 1.807) is 37.3 Å². The van der Waals surface area contributed by atoms with Crippen LogP contribution in [-0.2, 0) is 20.8 Å². The minimum atomic E-state index is -0.895. The smallest absolute Gasteiger partial charge is 0.329 e. The van der Waals surface area contributed by atoms with Crippen molar-refractivity contribution < 1.29 is 23.9 Å². The number of aryl methyl sites for hydroxylation is 1. The number of hydrogen-bond donors (Lipinski definition) is 3. The van der Waals surface area contributed by atoms with Crippen LogP contribution in [0.25, 0.3) is 0 Å². The number of rotatable bonds is 8. The fourth-order valence-corrected chi connectivity index (χ4v) is 2.54. The lowest BCUT2D eigenvalue weighted by Gasteiger charge is -2.11. The number of primary amides is 1. The molecule has 0 aliphatic rings. The van der Waals surface area contributed by atoms with Gasteiger partial charge < -0.3 is 20.5 Å². The number of ether oxygens (including phenoxy) is 2. The van der Waals surface area contributed by atoms with Crippen LogP contribution in [0.15, 0.2) is 47.6 Å². The van der Waals surface area contributed by atoms with Gasteiger partial charge in [0.15, 0.2) is 18.1 Å². The van der Waals surface area contributed by atoms with Crippen LogP contribution in [0.5, 0.6) is 11.5 Å². The summed E-state index contributed by atoms with van der Waals surface area (Å²) in [6, 6.07) is 12.1. The molecular formula is C21H24N4O5. The zero-order chi connectivity index (χ0) is 22.1. The van der Waals surface area contributed by atoms with Crippen molar-refractivity contribution in [1.29, 1.82) is 0 Å². The molecule has 3 amide bonds. The van der Waals surface area contributed by atoms with Gasteiger partial charge in [-0.1, -0.05) is 25.1 Å². The molecule has 9 nitrogen and oxygen atoms in total. The zero-order valence-electron chi connectivity index (χ0n) is 17.0. The van der Waals surface area contributed by atoms with Gasteiger partial charge in [-0.05, 0) is 43.2 Å². The van der Waals surface area contributed by atoms with Crippen LogP contribution in [0, 0.1) is 0 Å². The number of carbonyl (C=O) groups excluding carboxylic acids is 3. The van der Waals surface area contributed by atoms with Gasteiger partial charge in [0.05, 0.1) is 12.8 Å². The van der Waals surface area contributed by atoms with Crippen molar-refractivity contribution >= 4 is 29.1 Å². The first kappa shape index (κ1) is 22.4. The van der Waals surface area contributed by atoms with Crippen LogP contribution in [0.2, 0.25) is 0 Å². The van der Waals surface area contributed by atoms with E-state index in [9.17, 15) is 14.4 Å². The summed E-state index contributed by atoms with van der Waals surface area (Å²) in [7, 11) is 1.45. The molecule has 4 N–H and O–H groups in total. The average Bonchev–Trinajstić information content (AvgIpc) is 2.75. The molecule has 0 saturated carbocycles. The van der Waals surface area contributed by atoms with Gasteiger partial charge in [0, 0.05) is 11.3 Å². The maximum absolute atomic E-state index is 12.1. The summed E-state index contributed by atoms with van der Waals surface area (Å²) in [6.45, 7) is 3.33. The highest BCUT2D eigenvalue weighted by molar-refractivity contribution is 6.39. The van der Waals surface area contributed by atoms with Crippen LogP contribution in [0.3, 0.4) is 0 Å². The number of nitrogens with two attached hydrogens (primary N) is 1. The lowest BCUT2D eigenvalue weighted by atomic mass is 10.1. The molecule has 0 aliphatic carbocycles. The van der Waals surface area contributed by atoms with Gasteiger partial charge in [0.2, 0.25) is 0 Å². The van der Waals surface area contributed by atoms with Crippen molar-refractivity contribution in [3.63, 3.8) is 0 Å². The number of benzene rings is 2. The highest BCUT2D eigenvalue weighted by Gasteiger charge is 2.15. The minimum Gasteiger partial charge on any atom is -0.493 e. The first-order valence-corrected chi connectivity index (χ1v) is 9.18. The van der Waals surface area contributed by atoms with E-state index in [1.165, 1.54) is 7.11 Å². The summed E-state index contributed by atoms with van der Waals surface area (Å²) in [5.74, 6) is -1.62. The first-order chi connectivity index (χ1) is 14.3. The van der Waals surface area contributed by atoms with Gasteiger partial charge in [-0.25, -0.2) is 5.43 Å². The second kappa shape index (κ2) is 10.6. The summed E-state index contributed by atoms with van der Waals surface area (Å²) in [5.41, 5.74) is 9.86. The second-order valence-electron chi connectivity index (χ2n) is 6.22. The summed E-state index contributed by atoms with van der Waals surface area (Å²) in [6.07, 6.45) is 0.719. The van der Waals surface area contributed by atoms with Crippen molar-refractivity contribution in [2.24, 2.45) is 10.8 Å². The lowest BCUT2D eigenvalue weighted by Crippen LogP contribution is -2.33. The van der Waals surface area contributed by atoms with Gasteiger partial charge in [-0.15, -0.1) is 0 Å². The number of nitrogens with zero attached hydrogens (tertiary/aromatic N) is 1. The summed E-state index contributed by atoms with van der Waals surface area (Å²) in [4.78, 5) is 35.1. The largest absolute Gasteiger partial charge is 0.493 e. The highest BCUT2D eigenvalue weighted by Crippen LogP contribution is 2.28. The van der Waals surface area contributed by atoms with E-state index >= 15 is 0 Å². The number of methoxy groups -OCH3 is 1. The Labute approximate surface area is 174 Å². The topological polar surface area (TPSA) is 132 Å². The summed E-state index contributed by atoms with van der Waals surface area (Å²) < 4.78 is 10.5.